The molecule has 2 aliphatic heterocycles. The summed E-state index contributed by atoms with van der Waals surface area (Å²) in [6.07, 6.45) is 2.65. The fourth-order valence-corrected chi connectivity index (χ4v) is 4.21. The van der Waals surface area contributed by atoms with Crippen LogP contribution >= 0.6 is 0 Å². The third-order valence-electron chi connectivity index (χ3n) is 5.92. The molecule has 1 amide bonds. The second-order valence-electron chi connectivity index (χ2n) is 7.98. The molecule has 2 aromatic rings. The van der Waals surface area contributed by atoms with Crippen molar-refractivity contribution >= 4 is 11.6 Å². The molecule has 1 atom stereocenters. The third-order valence-corrected chi connectivity index (χ3v) is 5.92. The summed E-state index contributed by atoms with van der Waals surface area (Å²) in [7, 11) is 0. The number of amides is 1. The van der Waals surface area contributed by atoms with Crippen LogP contribution < -0.4 is 10.2 Å². The van der Waals surface area contributed by atoms with Crippen molar-refractivity contribution in [3.8, 4) is 0 Å². The lowest BCUT2D eigenvalue weighted by atomic mass is 10.1. The summed E-state index contributed by atoms with van der Waals surface area (Å²) in [5.41, 5.74) is 3.82. The van der Waals surface area contributed by atoms with E-state index in [2.05, 4.69) is 69.7 Å². The van der Waals surface area contributed by atoms with Crippen LogP contribution in [0.4, 0.5) is 5.69 Å². The second-order valence-corrected chi connectivity index (χ2v) is 7.98. The number of nitrogens with one attached hydrogen (secondary N) is 1. The van der Waals surface area contributed by atoms with Gasteiger partial charge in [-0.05, 0) is 36.1 Å². The number of benzene rings is 2. The molecule has 1 N–H and O–H groups in total. The first-order chi connectivity index (χ1) is 14.3. The molecule has 0 spiro atoms. The first-order valence-corrected chi connectivity index (χ1v) is 10.8. The number of hydrogen-bond donors (Lipinski definition) is 1. The molecule has 0 radical (unpaired) electrons. The molecule has 5 heteroatoms. The molecule has 0 aliphatic carbocycles. The van der Waals surface area contributed by atoms with E-state index in [0.717, 1.165) is 52.2 Å². The molecule has 5 nitrogen and oxygen atoms in total. The number of nitrogens with zero attached hydrogens (tertiary/aromatic N) is 2. The van der Waals surface area contributed by atoms with Crippen LogP contribution in [0.5, 0.6) is 0 Å². The topological polar surface area (TPSA) is 44.8 Å². The summed E-state index contributed by atoms with van der Waals surface area (Å²) in [6.45, 7) is 6.50. The van der Waals surface area contributed by atoms with Gasteiger partial charge < -0.3 is 15.0 Å². The van der Waals surface area contributed by atoms with Gasteiger partial charge in [-0.1, -0.05) is 42.5 Å². The summed E-state index contributed by atoms with van der Waals surface area (Å²) in [4.78, 5) is 17.2. The average molecular weight is 394 g/mol. The zero-order valence-corrected chi connectivity index (χ0v) is 17.1. The molecule has 2 aliphatic rings. The number of hydrogen-bond acceptors (Lipinski definition) is 4. The van der Waals surface area contributed by atoms with E-state index in [1.165, 1.54) is 16.8 Å². The summed E-state index contributed by atoms with van der Waals surface area (Å²) >= 11 is 0. The van der Waals surface area contributed by atoms with Gasteiger partial charge in [0.1, 0.15) is 0 Å². The Morgan fingerprint density at radius 1 is 0.966 bits per heavy atom. The Kier molecular flexibility index (Phi) is 6.80. The summed E-state index contributed by atoms with van der Waals surface area (Å²) in [5.74, 6) is 0.0863. The SMILES string of the molecule is O=C(C[C@H]1CCCO1)NCc1ccccc1CN1CCN(c2ccccc2)CC1. The highest BCUT2D eigenvalue weighted by Crippen LogP contribution is 2.19. The Hall–Kier alpha value is -2.37. The van der Waals surface area contributed by atoms with Crippen molar-refractivity contribution in [1.82, 2.24) is 10.2 Å². The van der Waals surface area contributed by atoms with Crippen LogP contribution in [0.25, 0.3) is 0 Å². The van der Waals surface area contributed by atoms with Gasteiger partial charge in [0.25, 0.3) is 0 Å². The Bertz CT molecular complexity index is 782. The minimum Gasteiger partial charge on any atom is -0.378 e. The molecule has 0 aromatic heterocycles. The van der Waals surface area contributed by atoms with E-state index in [9.17, 15) is 4.79 Å². The normalized spacial score (nSPS) is 20.0. The minimum absolute atomic E-state index is 0.0863. The van der Waals surface area contributed by atoms with Gasteiger partial charge in [0.15, 0.2) is 0 Å². The van der Waals surface area contributed by atoms with Crippen molar-refractivity contribution in [3.63, 3.8) is 0 Å². The van der Waals surface area contributed by atoms with E-state index < -0.39 is 0 Å². The molecule has 154 valence electrons. The number of anilines is 1. The van der Waals surface area contributed by atoms with E-state index >= 15 is 0 Å². The van der Waals surface area contributed by atoms with Crippen molar-refractivity contribution in [1.29, 1.82) is 0 Å². The maximum atomic E-state index is 12.2. The molecule has 0 unspecified atom stereocenters. The molecule has 4 rings (SSSR count). The molecular formula is C24H31N3O2. The Morgan fingerprint density at radius 2 is 1.69 bits per heavy atom. The summed E-state index contributed by atoms with van der Waals surface area (Å²) in [6, 6.07) is 19.1. The molecule has 2 aromatic carbocycles. The van der Waals surface area contributed by atoms with Crippen LogP contribution in [0, 0.1) is 0 Å². The van der Waals surface area contributed by atoms with Gasteiger partial charge in [-0.25, -0.2) is 0 Å². The maximum absolute atomic E-state index is 12.2. The molecule has 2 heterocycles. The highest BCUT2D eigenvalue weighted by atomic mass is 16.5. The van der Waals surface area contributed by atoms with E-state index in [-0.39, 0.29) is 12.0 Å². The number of carbonyl (C=O) groups excluding carboxylic acids is 1. The van der Waals surface area contributed by atoms with Crippen LogP contribution in [-0.2, 0) is 22.6 Å². The average Bonchev–Trinajstić information content (AvgIpc) is 3.27. The van der Waals surface area contributed by atoms with Crippen LogP contribution in [0.1, 0.15) is 30.4 Å². The van der Waals surface area contributed by atoms with Crippen molar-refractivity contribution in [3.05, 3.63) is 65.7 Å². The van der Waals surface area contributed by atoms with Crippen molar-refractivity contribution < 1.29 is 9.53 Å². The number of carbonyl (C=O) groups is 1. The smallest absolute Gasteiger partial charge is 0.222 e. The molecule has 2 fully saturated rings. The lowest BCUT2D eigenvalue weighted by molar-refractivity contribution is -0.123. The highest BCUT2D eigenvalue weighted by Gasteiger charge is 2.20. The fraction of sp³-hybridized carbons (Fsp3) is 0.458. The predicted molar refractivity (Wildman–Crippen MR) is 116 cm³/mol. The van der Waals surface area contributed by atoms with Crippen LogP contribution in [0.15, 0.2) is 54.6 Å². The molecular weight excluding hydrogens is 362 g/mol. The lowest BCUT2D eigenvalue weighted by Gasteiger charge is -2.36. The van der Waals surface area contributed by atoms with Gasteiger partial charge in [0.2, 0.25) is 5.91 Å². The minimum atomic E-state index is 0.0863. The van der Waals surface area contributed by atoms with Crippen molar-refractivity contribution in [2.24, 2.45) is 0 Å². The van der Waals surface area contributed by atoms with Gasteiger partial charge in [-0.2, -0.15) is 0 Å². The lowest BCUT2D eigenvalue weighted by Crippen LogP contribution is -2.46. The van der Waals surface area contributed by atoms with Gasteiger partial charge in [-0.3, -0.25) is 9.69 Å². The van der Waals surface area contributed by atoms with Gasteiger partial charge in [0.05, 0.1) is 12.5 Å². The quantitative estimate of drug-likeness (QED) is 0.785. The number of para-hydroxylation sites is 1. The van der Waals surface area contributed by atoms with Crippen molar-refractivity contribution in [2.45, 2.75) is 38.5 Å². The van der Waals surface area contributed by atoms with Crippen LogP contribution in [-0.4, -0.2) is 49.7 Å². The Balaban J connectivity index is 1.28. The summed E-state index contributed by atoms with van der Waals surface area (Å²) in [5, 5.41) is 3.09. The summed E-state index contributed by atoms with van der Waals surface area (Å²) < 4.78 is 5.57. The maximum Gasteiger partial charge on any atom is 0.222 e. The van der Waals surface area contributed by atoms with E-state index in [1.807, 2.05) is 0 Å². The first kappa shape index (κ1) is 19.9. The standard InChI is InChI=1S/C24H31N3O2/c28-24(17-23-11-6-16-29-23)25-18-20-7-4-5-8-21(20)19-26-12-14-27(15-13-26)22-9-2-1-3-10-22/h1-5,7-10,23H,6,11-19H2,(H,25,28)/t23-/m1/s1. The Morgan fingerprint density at radius 3 is 2.41 bits per heavy atom. The van der Waals surface area contributed by atoms with Gasteiger partial charge >= 0.3 is 0 Å². The number of ether oxygens (including phenoxy) is 1. The Labute approximate surface area is 173 Å². The zero-order chi connectivity index (χ0) is 19.9. The number of piperazine rings is 1. The van der Waals surface area contributed by atoms with Crippen molar-refractivity contribution in [2.75, 3.05) is 37.7 Å². The monoisotopic (exact) mass is 393 g/mol. The largest absolute Gasteiger partial charge is 0.378 e. The second kappa shape index (κ2) is 9.90. The number of rotatable bonds is 7. The van der Waals surface area contributed by atoms with E-state index in [4.69, 9.17) is 4.74 Å². The molecule has 0 bridgehead atoms. The molecule has 29 heavy (non-hydrogen) atoms. The first-order valence-electron chi connectivity index (χ1n) is 10.8. The third kappa shape index (κ3) is 5.58. The highest BCUT2D eigenvalue weighted by molar-refractivity contribution is 5.76. The zero-order valence-electron chi connectivity index (χ0n) is 17.1. The predicted octanol–water partition coefficient (Wildman–Crippen LogP) is 3.19. The van der Waals surface area contributed by atoms with Gasteiger partial charge in [0, 0.05) is 51.6 Å². The van der Waals surface area contributed by atoms with E-state index in [1.54, 1.807) is 0 Å². The van der Waals surface area contributed by atoms with Gasteiger partial charge in [-0.15, -0.1) is 0 Å². The fourth-order valence-electron chi connectivity index (χ4n) is 4.21. The van der Waals surface area contributed by atoms with E-state index in [0.29, 0.717) is 13.0 Å². The molecule has 0 saturated carbocycles. The van der Waals surface area contributed by atoms with Crippen LogP contribution in [0.3, 0.4) is 0 Å². The van der Waals surface area contributed by atoms with Crippen LogP contribution in [0.2, 0.25) is 0 Å². The molecule has 2 saturated heterocycles.